The van der Waals surface area contributed by atoms with E-state index < -0.39 is 0 Å². The molecule has 0 aliphatic carbocycles. The number of benzene rings is 1. The van der Waals surface area contributed by atoms with E-state index in [1.165, 1.54) is 15.9 Å². The molecular formula is C20H17N3O2S. The van der Waals surface area contributed by atoms with Crippen LogP contribution in [-0.2, 0) is 13.1 Å². The fourth-order valence-electron chi connectivity index (χ4n) is 3.05. The Labute approximate surface area is 153 Å². The summed E-state index contributed by atoms with van der Waals surface area (Å²) in [6.07, 6.45) is 1.59. The minimum atomic E-state index is -0.347. The maximum Gasteiger partial charge on any atom is 0.332 e. The number of thiophene rings is 1. The van der Waals surface area contributed by atoms with Gasteiger partial charge < -0.3 is 0 Å². The summed E-state index contributed by atoms with van der Waals surface area (Å²) in [5.74, 6) is 0. The van der Waals surface area contributed by atoms with Crippen LogP contribution >= 0.6 is 11.3 Å². The van der Waals surface area contributed by atoms with Crippen LogP contribution in [0.3, 0.4) is 0 Å². The highest BCUT2D eigenvalue weighted by molar-refractivity contribution is 7.09. The van der Waals surface area contributed by atoms with Crippen molar-refractivity contribution in [1.82, 2.24) is 14.1 Å². The number of hydrogen-bond acceptors (Lipinski definition) is 4. The molecule has 0 unspecified atom stereocenters. The second kappa shape index (κ2) is 6.72. The van der Waals surface area contributed by atoms with Gasteiger partial charge in [-0.2, -0.15) is 0 Å². The van der Waals surface area contributed by atoms with Gasteiger partial charge in [0, 0.05) is 11.1 Å². The standard InChI is InChI=1S/C20H17N3O2S/c1-14-6-2-3-7-15(14)12-22-17-9-4-10-21-18(17)19(24)23(20(22)25)13-16-8-5-11-26-16/h2-11H,12-13H2,1H3. The number of pyridine rings is 1. The van der Waals surface area contributed by atoms with E-state index in [4.69, 9.17) is 0 Å². The Bertz CT molecular complexity index is 1190. The second-order valence-corrected chi connectivity index (χ2v) is 7.17. The van der Waals surface area contributed by atoms with E-state index in [-0.39, 0.29) is 17.8 Å². The molecule has 6 heteroatoms. The van der Waals surface area contributed by atoms with Gasteiger partial charge in [0.05, 0.1) is 18.6 Å². The van der Waals surface area contributed by atoms with Gasteiger partial charge in [0.1, 0.15) is 0 Å². The maximum atomic E-state index is 13.1. The van der Waals surface area contributed by atoms with Crippen molar-refractivity contribution >= 4 is 22.4 Å². The van der Waals surface area contributed by atoms with Crippen molar-refractivity contribution in [3.05, 3.63) is 96.9 Å². The molecular weight excluding hydrogens is 346 g/mol. The van der Waals surface area contributed by atoms with E-state index in [1.807, 2.05) is 48.7 Å². The third kappa shape index (κ3) is 2.88. The van der Waals surface area contributed by atoms with Crippen LogP contribution in [0.15, 0.2) is 69.7 Å². The summed E-state index contributed by atoms with van der Waals surface area (Å²) in [4.78, 5) is 31.2. The highest BCUT2D eigenvalue weighted by atomic mass is 32.1. The van der Waals surface area contributed by atoms with Crippen LogP contribution in [0.5, 0.6) is 0 Å². The highest BCUT2D eigenvalue weighted by Gasteiger charge is 2.15. The molecule has 0 saturated heterocycles. The van der Waals surface area contributed by atoms with Crippen molar-refractivity contribution in [3.63, 3.8) is 0 Å². The van der Waals surface area contributed by atoms with Crippen molar-refractivity contribution in [2.75, 3.05) is 0 Å². The topological polar surface area (TPSA) is 56.9 Å². The normalized spacial score (nSPS) is 11.1. The minimum Gasteiger partial charge on any atom is -0.287 e. The molecule has 0 fully saturated rings. The van der Waals surface area contributed by atoms with Crippen molar-refractivity contribution in [2.45, 2.75) is 20.0 Å². The molecule has 4 aromatic rings. The molecule has 1 aromatic carbocycles. The van der Waals surface area contributed by atoms with E-state index in [0.29, 0.717) is 17.6 Å². The lowest BCUT2D eigenvalue weighted by atomic mass is 10.1. The molecule has 5 nitrogen and oxygen atoms in total. The Hall–Kier alpha value is -2.99. The van der Waals surface area contributed by atoms with E-state index >= 15 is 0 Å². The molecule has 4 rings (SSSR count). The third-order valence-corrected chi connectivity index (χ3v) is 5.33. The number of rotatable bonds is 4. The molecule has 3 heterocycles. The molecule has 0 amide bonds. The summed E-state index contributed by atoms with van der Waals surface area (Å²) >= 11 is 1.52. The Morgan fingerprint density at radius 2 is 1.81 bits per heavy atom. The molecule has 0 atom stereocenters. The highest BCUT2D eigenvalue weighted by Crippen LogP contribution is 2.13. The Balaban J connectivity index is 1.95. The summed E-state index contributed by atoms with van der Waals surface area (Å²) in [7, 11) is 0. The molecule has 0 bridgehead atoms. The monoisotopic (exact) mass is 363 g/mol. The van der Waals surface area contributed by atoms with Gasteiger partial charge in [-0.15, -0.1) is 11.3 Å². The van der Waals surface area contributed by atoms with Gasteiger partial charge in [-0.25, -0.2) is 9.78 Å². The largest absolute Gasteiger partial charge is 0.332 e. The van der Waals surface area contributed by atoms with Crippen molar-refractivity contribution < 1.29 is 0 Å². The SMILES string of the molecule is Cc1ccccc1Cn1c(=O)n(Cc2cccs2)c(=O)c2ncccc21. The predicted octanol–water partition coefficient (Wildman–Crippen LogP) is 3.02. The van der Waals surface area contributed by atoms with Crippen LogP contribution in [0.4, 0.5) is 0 Å². The Morgan fingerprint density at radius 3 is 2.58 bits per heavy atom. The summed E-state index contributed by atoms with van der Waals surface area (Å²) in [6.45, 7) is 2.68. The summed E-state index contributed by atoms with van der Waals surface area (Å²) in [6, 6.07) is 15.3. The molecule has 0 saturated carbocycles. The van der Waals surface area contributed by atoms with Crippen LogP contribution in [0.25, 0.3) is 11.0 Å². The lowest BCUT2D eigenvalue weighted by Gasteiger charge is -2.14. The number of aromatic nitrogens is 3. The zero-order valence-corrected chi connectivity index (χ0v) is 15.1. The molecule has 0 aliphatic heterocycles. The number of fused-ring (bicyclic) bond motifs is 1. The summed E-state index contributed by atoms with van der Waals surface area (Å²) in [5, 5.41) is 1.94. The predicted molar refractivity (Wildman–Crippen MR) is 104 cm³/mol. The number of aryl methyl sites for hydroxylation is 1. The van der Waals surface area contributed by atoms with Crippen molar-refractivity contribution in [1.29, 1.82) is 0 Å². The minimum absolute atomic E-state index is 0.260. The van der Waals surface area contributed by atoms with E-state index in [1.54, 1.807) is 22.9 Å². The summed E-state index contributed by atoms with van der Waals surface area (Å²) < 4.78 is 2.92. The van der Waals surface area contributed by atoms with E-state index in [2.05, 4.69) is 4.98 Å². The van der Waals surface area contributed by atoms with Gasteiger partial charge in [-0.3, -0.25) is 13.9 Å². The fraction of sp³-hybridized carbons (Fsp3) is 0.150. The lowest BCUT2D eigenvalue weighted by molar-refractivity contribution is 0.636. The number of nitrogens with zero attached hydrogens (tertiary/aromatic N) is 3. The molecule has 26 heavy (non-hydrogen) atoms. The van der Waals surface area contributed by atoms with Gasteiger partial charge in [0.15, 0.2) is 5.52 Å². The Morgan fingerprint density at radius 1 is 0.962 bits per heavy atom. The van der Waals surface area contributed by atoms with Gasteiger partial charge in [-0.05, 0) is 41.6 Å². The molecule has 0 radical (unpaired) electrons. The first kappa shape index (κ1) is 16.5. The number of hydrogen-bond donors (Lipinski definition) is 0. The van der Waals surface area contributed by atoms with Gasteiger partial charge in [0.2, 0.25) is 0 Å². The Kier molecular flexibility index (Phi) is 4.26. The zero-order chi connectivity index (χ0) is 18.1. The maximum absolute atomic E-state index is 13.1. The third-order valence-electron chi connectivity index (χ3n) is 4.47. The molecule has 0 N–H and O–H groups in total. The van der Waals surface area contributed by atoms with Gasteiger partial charge >= 0.3 is 5.69 Å². The molecule has 130 valence electrons. The van der Waals surface area contributed by atoms with E-state index in [0.717, 1.165) is 16.0 Å². The molecule has 3 aromatic heterocycles. The molecule has 0 spiro atoms. The average molecular weight is 363 g/mol. The first-order valence-corrected chi connectivity index (χ1v) is 9.18. The smallest absolute Gasteiger partial charge is 0.287 e. The second-order valence-electron chi connectivity index (χ2n) is 6.14. The van der Waals surface area contributed by atoms with Crippen LogP contribution < -0.4 is 11.2 Å². The van der Waals surface area contributed by atoms with E-state index in [9.17, 15) is 9.59 Å². The van der Waals surface area contributed by atoms with Crippen molar-refractivity contribution in [2.24, 2.45) is 0 Å². The quantitative estimate of drug-likeness (QED) is 0.560. The van der Waals surface area contributed by atoms with Crippen LogP contribution in [-0.4, -0.2) is 14.1 Å². The van der Waals surface area contributed by atoms with Crippen LogP contribution in [0.1, 0.15) is 16.0 Å². The van der Waals surface area contributed by atoms with Crippen LogP contribution in [0, 0.1) is 6.92 Å². The fourth-order valence-corrected chi connectivity index (χ4v) is 3.74. The van der Waals surface area contributed by atoms with Crippen molar-refractivity contribution in [3.8, 4) is 0 Å². The average Bonchev–Trinajstić information content (AvgIpc) is 3.17. The van der Waals surface area contributed by atoms with Gasteiger partial charge in [-0.1, -0.05) is 30.3 Å². The first-order valence-electron chi connectivity index (χ1n) is 8.30. The summed E-state index contributed by atoms with van der Waals surface area (Å²) in [5.41, 5.74) is 2.37. The van der Waals surface area contributed by atoms with Gasteiger partial charge in [0.25, 0.3) is 5.56 Å². The molecule has 0 aliphatic rings. The first-order chi connectivity index (χ1) is 12.6. The lowest BCUT2D eigenvalue weighted by Crippen LogP contribution is -2.40. The van der Waals surface area contributed by atoms with Crippen LogP contribution in [0.2, 0.25) is 0 Å². The zero-order valence-electron chi connectivity index (χ0n) is 14.3.